The predicted octanol–water partition coefficient (Wildman–Crippen LogP) is 4.45. The second-order valence-corrected chi connectivity index (χ2v) is 5.65. The van der Waals surface area contributed by atoms with E-state index in [9.17, 15) is 0 Å². The first kappa shape index (κ1) is 13.4. The topological polar surface area (TPSA) is 25.2 Å². The molecule has 1 aromatic heterocycles. The third-order valence-electron chi connectivity index (χ3n) is 3.17. The summed E-state index contributed by atoms with van der Waals surface area (Å²) in [6.45, 7) is 10.3. The van der Waals surface area contributed by atoms with Crippen molar-refractivity contribution in [3.8, 4) is 0 Å². The van der Waals surface area contributed by atoms with Gasteiger partial charge >= 0.3 is 0 Å². The SMILES string of the molecule is Cc1ccc(Cl)c2oc(CNCC(C)C)c(C)c12. The van der Waals surface area contributed by atoms with Gasteiger partial charge in [-0.3, -0.25) is 0 Å². The zero-order valence-corrected chi connectivity index (χ0v) is 12.2. The molecule has 1 N–H and O–H groups in total. The summed E-state index contributed by atoms with van der Waals surface area (Å²) in [5.41, 5.74) is 3.22. The summed E-state index contributed by atoms with van der Waals surface area (Å²) < 4.78 is 5.90. The van der Waals surface area contributed by atoms with Crippen LogP contribution in [0.4, 0.5) is 0 Å². The highest BCUT2D eigenvalue weighted by Crippen LogP contribution is 2.33. The molecule has 0 saturated carbocycles. The fourth-order valence-electron chi connectivity index (χ4n) is 2.20. The van der Waals surface area contributed by atoms with Crippen LogP contribution in [0, 0.1) is 19.8 Å². The first-order valence-corrected chi connectivity index (χ1v) is 6.76. The largest absolute Gasteiger partial charge is 0.458 e. The van der Waals surface area contributed by atoms with E-state index in [0.717, 1.165) is 29.8 Å². The van der Waals surface area contributed by atoms with Crippen molar-refractivity contribution in [2.45, 2.75) is 34.2 Å². The van der Waals surface area contributed by atoms with Gasteiger partial charge < -0.3 is 9.73 Å². The molecule has 18 heavy (non-hydrogen) atoms. The predicted molar refractivity (Wildman–Crippen MR) is 77.2 cm³/mol. The van der Waals surface area contributed by atoms with Gasteiger partial charge in [0.15, 0.2) is 5.58 Å². The summed E-state index contributed by atoms with van der Waals surface area (Å²) in [7, 11) is 0. The number of hydrogen-bond donors (Lipinski definition) is 1. The van der Waals surface area contributed by atoms with E-state index in [0.29, 0.717) is 10.9 Å². The van der Waals surface area contributed by atoms with E-state index < -0.39 is 0 Å². The van der Waals surface area contributed by atoms with Crippen LogP contribution < -0.4 is 5.32 Å². The second kappa shape index (κ2) is 5.33. The molecule has 2 aromatic rings. The van der Waals surface area contributed by atoms with Crippen molar-refractivity contribution in [3.05, 3.63) is 34.0 Å². The number of benzene rings is 1. The average Bonchev–Trinajstić information content (AvgIpc) is 2.63. The van der Waals surface area contributed by atoms with Gasteiger partial charge in [0.25, 0.3) is 0 Å². The molecule has 0 aliphatic heterocycles. The minimum Gasteiger partial charge on any atom is -0.458 e. The highest BCUT2D eigenvalue weighted by atomic mass is 35.5. The molecule has 0 aliphatic carbocycles. The fourth-order valence-corrected chi connectivity index (χ4v) is 2.40. The lowest BCUT2D eigenvalue weighted by Gasteiger charge is -2.05. The van der Waals surface area contributed by atoms with Crippen molar-refractivity contribution < 1.29 is 4.42 Å². The Labute approximate surface area is 113 Å². The Kier molecular flexibility index (Phi) is 3.98. The molecule has 0 atom stereocenters. The van der Waals surface area contributed by atoms with Crippen LogP contribution >= 0.6 is 11.6 Å². The van der Waals surface area contributed by atoms with Crippen molar-refractivity contribution >= 4 is 22.6 Å². The number of aryl methyl sites for hydroxylation is 2. The number of halogens is 1. The van der Waals surface area contributed by atoms with Gasteiger partial charge in [-0.1, -0.05) is 31.5 Å². The molecule has 0 saturated heterocycles. The van der Waals surface area contributed by atoms with Crippen LogP contribution in [0.25, 0.3) is 11.0 Å². The van der Waals surface area contributed by atoms with Crippen LogP contribution in [0.3, 0.4) is 0 Å². The molecule has 2 nitrogen and oxygen atoms in total. The Hall–Kier alpha value is -0.990. The molecular weight excluding hydrogens is 246 g/mol. The number of rotatable bonds is 4. The monoisotopic (exact) mass is 265 g/mol. The molecule has 2 rings (SSSR count). The Bertz CT molecular complexity index is 557. The molecule has 0 bridgehead atoms. The van der Waals surface area contributed by atoms with Crippen molar-refractivity contribution in [2.75, 3.05) is 6.54 Å². The van der Waals surface area contributed by atoms with Gasteiger partial charge in [0, 0.05) is 10.9 Å². The van der Waals surface area contributed by atoms with E-state index in [4.69, 9.17) is 16.0 Å². The number of hydrogen-bond acceptors (Lipinski definition) is 2. The molecule has 98 valence electrons. The van der Waals surface area contributed by atoms with Crippen molar-refractivity contribution in [1.29, 1.82) is 0 Å². The second-order valence-electron chi connectivity index (χ2n) is 5.24. The lowest BCUT2D eigenvalue weighted by Crippen LogP contribution is -2.18. The van der Waals surface area contributed by atoms with Crippen molar-refractivity contribution in [1.82, 2.24) is 5.32 Å². The maximum absolute atomic E-state index is 6.18. The molecule has 3 heteroatoms. The molecule has 1 heterocycles. The van der Waals surface area contributed by atoms with Crippen LogP contribution in [0.1, 0.15) is 30.7 Å². The van der Waals surface area contributed by atoms with Gasteiger partial charge in [0.1, 0.15) is 5.76 Å². The normalized spacial score (nSPS) is 11.7. The molecule has 0 unspecified atom stereocenters. The Morgan fingerprint density at radius 2 is 2.00 bits per heavy atom. The first-order chi connectivity index (χ1) is 8.50. The van der Waals surface area contributed by atoms with E-state index in [1.807, 2.05) is 12.1 Å². The molecule has 1 aromatic carbocycles. The molecule has 0 radical (unpaired) electrons. The minimum absolute atomic E-state index is 0.639. The quantitative estimate of drug-likeness (QED) is 0.884. The maximum Gasteiger partial charge on any atom is 0.153 e. The number of furan rings is 1. The highest BCUT2D eigenvalue weighted by molar-refractivity contribution is 6.35. The van der Waals surface area contributed by atoms with Crippen LogP contribution in [0.2, 0.25) is 5.02 Å². The van der Waals surface area contributed by atoms with Crippen LogP contribution in [0.15, 0.2) is 16.5 Å². The van der Waals surface area contributed by atoms with Gasteiger partial charge in [0.05, 0.1) is 11.6 Å². The third kappa shape index (κ3) is 2.55. The number of fused-ring (bicyclic) bond motifs is 1. The van der Waals surface area contributed by atoms with Crippen LogP contribution in [-0.4, -0.2) is 6.54 Å². The van der Waals surface area contributed by atoms with E-state index in [1.54, 1.807) is 0 Å². The van der Waals surface area contributed by atoms with E-state index in [-0.39, 0.29) is 0 Å². The minimum atomic E-state index is 0.639. The molecule has 0 aliphatic rings. The highest BCUT2D eigenvalue weighted by Gasteiger charge is 2.14. The molecule has 0 fully saturated rings. The Morgan fingerprint density at radius 3 is 2.61 bits per heavy atom. The molecule has 0 amide bonds. The average molecular weight is 266 g/mol. The van der Waals surface area contributed by atoms with Gasteiger partial charge in [-0.15, -0.1) is 0 Å². The third-order valence-corrected chi connectivity index (χ3v) is 3.47. The van der Waals surface area contributed by atoms with Gasteiger partial charge in [-0.2, -0.15) is 0 Å². The van der Waals surface area contributed by atoms with Crippen LogP contribution in [0.5, 0.6) is 0 Å². The van der Waals surface area contributed by atoms with Crippen molar-refractivity contribution in [3.63, 3.8) is 0 Å². The van der Waals surface area contributed by atoms with Gasteiger partial charge in [-0.05, 0) is 37.9 Å². The van der Waals surface area contributed by atoms with Crippen LogP contribution in [-0.2, 0) is 6.54 Å². The molecule has 0 spiro atoms. The van der Waals surface area contributed by atoms with Gasteiger partial charge in [0.2, 0.25) is 0 Å². The smallest absolute Gasteiger partial charge is 0.153 e. The van der Waals surface area contributed by atoms with Gasteiger partial charge in [-0.25, -0.2) is 0 Å². The summed E-state index contributed by atoms with van der Waals surface area (Å²) in [6, 6.07) is 3.94. The zero-order valence-electron chi connectivity index (χ0n) is 11.4. The van der Waals surface area contributed by atoms with E-state index >= 15 is 0 Å². The number of nitrogens with one attached hydrogen (secondary N) is 1. The Balaban J connectivity index is 2.33. The standard InChI is InChI=1S/C15H20ClNO/c1-9(2)7-17-8-13-11(4)14-10(3)5-6-12(16)15(14)18-13/h5-6,9,17H,7-8H2,1-4H3. The Morgan fingerprint density at radius 1 is 1.28 bits per heavy atom. The summed E-state index contributed by atoms with van der Waals surface area (Å²) in [4.78, 5) is 0. The maximum atomic E-state index is 6.18. The van der Waals surface area contributed by atoms with E-state index in [2.05, 4.69) is 33.0 Å². The summed E-state index contributed by atoms with van der Waals surface area (Å²) in [5.74, 6) is 1.63. The lowest BCUT2D eigenvalue weighted by molar-refractivity contribution is 0.482. The van der Waals surface area contributed by atoms with Crippen molar-refractivity contribution in [2.24, 2.45) is 5.92 Å². The van der Waals surface area contributed by atoms with E-state index in [1.165, 1.54) is 11.1 Å². The summed E-state index contributed by atoms with van der Waals surface area (Å²) in [6.07, 6.45) is 0. The molecular formula is C15H20ClNO. The summed E-state index contributed by atoms with van der Waals surface area (Å²) >= 11 is 6.18. The first-order valence-electron chi connectivity index (χ1n) is 6.38. The lowest BCUT2D eigenvalue weighted by atomic mass is 10.1. The fraction of sp³-hybridized carbons (Fsp3) is 0.467. The zero-order chi connectivity index (χ0) is 13.3. The summed E-state index contributed by atoms with van der Waals surface area (Å²) in [5, 5.41) is 5.25.